The van der Waals surface area contributed by atoms with Gasteiger partial charge in [0.25, 0.3) is 11.6 Å². The lowest BCUT2D eigenvalue weighted by Crippen LogP contribution is -2.03. The molecule has 2 aromatic heterocycles. The van der Waals surface area contributed by atoms with E-state index in [1.165, 1.54) is 12.1 Å². The van der Waals surface area contributed by atoms with Crippen LogP contribution in [-0.2, 0) is 6.54 Å². The van der Waals surface area contributed by atoms with Crippen LogP contribution in [0, 0.1) is 24.0 Å². The maximum Gasteiger partial charge on any atom is 0.269 e. The molecule has 2 aromatic carbocycles. The summed E-state index contributed by atoms with van der Waals surface area (Å²) < 4.78 is 7.22. The first kappa shape index (κ1) is 18.8. The number of hydrogen-bond acceptors (Lipinski definition) is 6. The van der Waals surface area contributed by atoms with Crippen LogP contribution in [0.2, 0.25) is 5.02 Å². The maximum atomic E-state index is 10.8. The Bertz CT molecular complexity index is 1180. The Hall–Kier alpha value is -3.52. The quantitative estimate of drug-likeness (QED) is 0.346. The summed E-state index contributed by atoms with van der Waals surface area (Å²) >= 11 is 6.20. The summed E-state index contributed by atoms with van der Waals surface area (Å²) in [6.45, 7) is 4.43. The SMILES string of the molecule is Cc1nn(Cc2ccc(-c3nc(-c4ccc([N+](=O)[O-])cc4)no3)cc2)c(C)c1Cl. The molecular formula is C20H16ClN5O3. The lowest BCUT2D eigenvalue weighted by Gasteiger charge is -2.05. The fraction of sp³-hybridized carbons (Fsp3) is 0.150. The number of benzene rings is 2. The minimum absolute atomic E-state index is 0.0111. The number of hydrogen-bond donors (Lipinski definition) is 0. The lowest BCUT2D eigenvalue weighted by molar-refractivity contribution is -0.384. The molecule has 0 saturated carbocycles. The lowest BCUT2D eigenvalue weighted by atomic mass is 10.1. The fourth-order valence-electron chi connectivity index (χ4n) is 2.94. The number of non-ortho nitro benzene ring substituents is 1. The van der Waals surface area contributed by atoms with Gasteiger partial charge in [0, 0.05) is 23.3 Å². The Balaban J connectivity index is 1.52. The van der Waals surface area contributed by atoms with E-state index in [9.17, 15) is 10.1 Å². The van der Waals surface area contributed by atoms with E-state index in [-0.39, 0.29) is 5.69 Å². The predicted molar refractivity (Wildman–Crippen MR) is 108 cm³/mol. The van der Waals surface area contributed by atoms with Crippen LogP contribution in [0.4, 0.5) is 5.69 Å². The van der Waals surface area contributed by atoms with Gasteiger partial charge in [-0.1, -0.05) is 28.9 Å². The van der Waals surface area contributed by atoms with Crippen LogP contribution in [0.5, 0.6) is 0 Å². The van der Waals surface area contributed by atoms with E-state index in [2.05, 4.69) is 15.2 Å². The zero-order chi connectivity index (χ0) is 20.5. The van der Waals surface area contributed by atoms with Gasteiger partial charge in [0.2, 0.25) is 5.82 Å². The fourth-order valence-corrected chi connectivity index (χ4v) is 3.08. The summed E-state index contributed by atoms with van der Waals surface area (Å²) in [4.78, 5) is 14.7. The minimum atomic E-state index is -0.451. The summed E-state index contributed by atoms with van der Waals surface area (Å²) in [6.07, 6.45) is 0. The molecule has 0 aliphatic heterocycles. The van der Waals surface area contributed by atoms with Gasteiger partial charge in [-0.15, -0.1) is 0 Å². The van der Waals surface area contributed by atoms with Crippen molar-refractivity contribution >= 4 is 17.3 Å². The Morgan fingerprint density at radius 2 is 1.72 bits per heavy atom. The number of nitrogens with zero attached hydrogens (tertiary/aromatic N) is 5. The summed E-state index contributed by atoms with van der Waals surface area (Å²) in [6, 6.07) is 13.7. The highest BCUT2D eigenvalue weighted by Gasteiger charge is 2.13. The van der Waals surface area contributed by atoms with Crippen molar-refractivity contribution in [3.63, 3.8) is 0 Å². The first-order chi connectivity index (χ1) is 13.9. The second-order valence-corrected chi connectivity index (χ2v) is 6.94. The molecule has 0 radical (unpaired) electrons. The molecule has 29 heavy (non-hydrogen) atoms. The number of rotatable bonds is 5. The monoisotopic (exact) mass is 409 g/mol. The molecule has 146 valence electrons. The number of nitro groups is 1. The normalized spacial score (nSPS) is 11.0. The van der Waals surface area contributed by atoms with Gasteiger partial charge in [0.05, 0.1) is 27.9 Å². The average molecular weight is 410 g/mol. The van der Waals surface area contributed by atoms with Crippen LogP contribution in [0.25, 0.3) is 22.8 Å². The molecule has 0 atom stereocenters. The summed E-state index contributed by atoms with van der Waals surface area (Å²) in [5.41, 5.74) is 4.23. The van der Waals surface area contributed by atoms with Gasteiger partial charge in [-0.3, -0.25) is 14.8 Å². The van der Waals surface area contributed by atoms with Gasteiger partial charge in [-0.25, -0.2) is 0 Å². The molecule has 0 bridgehead atoms. The van der Waals surface area contributed by atoms with Crippen LogP contribution in [0.1, 0.15) is 17.0 Å². The van der Waals surface area contributed by atoms with E-state index in [0.29, 0.717) is 28.8 Å². The highest BCUT2D eigenvalue weighted by atomic mass is 35.5. The summed E-state index contributed by atoms with van der Waals surface area (Å²) in [7, 11) is 0. The molecule has 0 aliphatic rings. The van der Waals surface area contributed by atoms with Gasteiger partial charge in [0.15, 0.2) is 0 Å². The first-order valence-electron chi connectivity index (χ1n) is 8.79. The third kappa shape index (κ3) is 3.74. The van der Waals surface area contributed by atoms with E-state index in [1.807, 2.05) is 42.8 Å². The van der Waals surface area contributed by atoms with Crippen molar-refractivity contribution in [2.24, 2.45) is 0 Å². The van der Waals surface area contributed by atoms with E-state index >= 15 is 0 Å². The zero-order valence-electron chi connectivity index (χ0n) is 15.7. The first-order valence-corrected chi connectivity index (χ1v) is 9.17. The summed E-state index contributed by atoms with van der Waals surface area (Å²) in [5.74, 6) is 0.746. The van der Waals surface area contributed by atoms with Gasteiger partial charge in [-0.05, 0) is 43.7 Å². The largest absolute Gasteiger partial charge is 0.334 e. The highest BCUT2D eigenvalue weighted by molar-refractivity contribution is 6.31. The maximum absolute atomic E-state index is 10.8. The molecule has 0 unspecified atom stereocenters. The third-order valence-corrected chi connectivity index (χ3v) is 5.14. The second-order valence-electron chi connectivity index (χ2n) is 6.57. The van der Waals surface area contributed by atoms with Crippen molar-refractivity contribution in [1.29, 1.82) is 0 Å². The molecule has 4 rings (SSSR count). The number of aromatic nitrogens is 4. The predicted octanol–water partition coefficient (Wildman–Crippen LogP) is 4.83. The number of halogens is 1. The highest BCUT2D eigenvalue weighted by Crippen LogP contribution is 2.25. The van der Waals surface area contributed by atoms with Crippen LogP contribution < -0.4 is 0 Å². The van der Waals surface area contributed by atoms with Crippen LogP contribution in [0.3, 0.4) is 0 Å². The van der Waals surface area contributed by atoms with Gasteiger partial charge in [-0.2, -0.15) is 10.1 Å². The molecule has 0 fully saturated rings. The van der Waals surface area contributed by atoms with Crippen LogP contribution in [-0.4, -0.2) is 24.8 Å². The smallest absolute Gasteiger partial charge is 0.269 e. The van der Waals surface area contributed by atoms with Crippen molar-refractivity contribution in [3.05, 3.63) is 80.6 Å². The van der Waals surface area contributed by atoms with E-state index in [0.717, 1.165) is 22.5 Å². The Labute approximate surface area is 170 Å². The standard InChI is InChI=1S/C20H16ClN5O3/c1-12-18(21)13(2)25(23-12)11-14-3-5-16(6-4-14)20-22-19(24-29-20)15-7-9-17(10-8-15)26(27)28/h3-10H,11H2,1-2H3. The Kier molecular flexibility index (Phi) is 4.85. The van der Waals surface area contributed by atoms with Crippen molar-refractivity contribution in [2.75, 3.05) is 0 Å². The molecule has 2 heterocycles. The van der Waals surface area contributed by atoms with Gasteiger partial charge < -0.3 is 4.52 Å². The zero-order valence-corrected chi connectivity index (χ0v) is 16.4. The van der Waals surface area contributed by atoms with Crippen molar-refractivity contribution < 1.29 is 9.45 Å². The average Bonchev–Trinajstić information content (AvgIpc) is 3.31. The Morgan fingerprint density at radius 3 is 2.31 bits per heavy atom. The van der Waals surface area contributed by atoms with Gasteiger partial charge >= 0.3 is 0 Å². The second kappa shape index (κ2) is 7.48. The third-order valence-electron chi connectivity index (χ3n) is 4.59. The minimum Gasteiger partial charge on any atom is -0.334 e. The number of aryl methyl sites for hydroxylation is 1. The van der Waals surface area contributed by atoms with Crippen molar-refractivity contribution in [2.45, 2.75) is 20.4 Å². The topological polar surface area (TPSA) is 99.9 Å². The Morgan fingerprint density at radius 1 is 1.07 bits per heavy atom. The van der Waals surface area contributed by atoms with Crippen molar-refractivity contribution in [1.82, 2.24) is 19.9 Å². The molecule has 0 saturated heterocycles. The van der Waals surface area contributed by atoms with E-state index < -0.39 is 4.92 Å². The molecule has 9 heteroatoms. The van der Waals surface area contributed by atoms with Crippen LogP contribution in [0.15, 0.2) is 53.1 Å². The molecular weight excluding hydrogens is 394 g/mol. The molecule has 4 aromatic rings. The molecule has 0 amide bonds. The molecule has 0 spiro atoms. The van der Waals surface area contributed by atoms with Crippen molar-refractivity contribution in [3.8, 4) is 22.8 Å². The van der Waals surface area contributed by atoms with E-state index in [4.69, 9.17) is 16.1 Å². The van der Waals surface area contributed by atoms with Gasteiger partial charge in [0.1, 0.15) is 0 Å². The summed E-state index contributed by atoms with van der Waals surface area (Å²) in [5, 5.41) is 19.9. The molecule has 0 aliphatic carbocycles. The molecule has 0 N–H and O–H groups in total. The molecule has 8 nitrogen and oxygen atoms in total. The number of nitro benzene ring substituents is 1. The van der Waals surface area contributed by atoms with Crippen LogP contribution >= 0.6 is 11.6 Å². The van der Waals surface area contributed by atoms with E-state index in [1.54, 1.807) is 12.1 Å².